The van der Waals surface area contributed by atoms with E-state index in [0.717, 1.165) is 32.2 Å². The van der Waals surface area contributed by atoms with Crippen LogP contribution >= 0.6 is 0 Å². The van der Waals surface area contributed by atoms with E-state index in [9.17, 15) is 13.5 Å². The number of nitrogens with zero attached hydrogens (tertiary/aromatic N) is 1. The van der Waals surface area contributed by atoms with E-state index in [4.69, 9.17) is 0 Å². The average Bonchev–Trinajstić information content (AvgIpc) is 2.65. The largest absolute Gasteiger partial charge is 0.392 e. The molecule has 0 aromatic heterocycles. The van der Waals surface area contributed by atoms with Crippen molar-refractivity contribution < 1.29 is 13.5 Å². The number of rotatable bonds is 3. The lowest BCUT2D eigenvalue weighted by atomic mass is 9.69. The zero-order valence-electron chi connectivity index (χ0n) is 12.3. The van der Waals surface area contributed by atoms with E-state index in [-0.39, 0.29) is 29.2 Å². The van der Waals surface area contributed by atoms with E-state index in [1.165, 1.54) is 0 Å². The monoisotopic (exact) mass is 289 g/mol. The first-order valence-electron chi connectivity index (χ1n) is 7.30. The molecule has 2 aliphatic rings. The molecule has 112 valence electrons. The quantitative estimate of drug-likeness (QED) is 0.850. The van der Waals surface area contributed by atoms with E-state index in [0.29, 0.717) is 5.75 Å². The Bertz CT molecular complexity index is 418. The summed E-state index contributed by atoms with van der Waals surface area (Å²) < 4.78 is 23.1. The van der Waals surface area contributed by atoms with Gasteiger partial charge in [0, 0.05) is 12.6 Å². The van der Waals surface area contributed by atoms with Gasteiger partial charge in [-0.1, -0.05) is 20.3 Å². The Hall–Kier alpha value is -0.130. The summed E-state index contributed by atoms with van der Waals surface area (Å²) >= 11 is 0. The first-order valence-corrected chi connectivity index (χ1v) is 9.12. The predicted molar refractivity (Wildman–Crippen MR) is 76.8 cm³/mol. The molecule has 2 rings (SSSR count). The molecule has 0 aromatic carbocycles. The standard InChI is InChI=1S/C14H27NO3S/c1-14(2)7-4-5-11(13(14)16)9-15(3)12-6-8-19(17,18)10-12/h11-13,16H,4-10H2,1-3H3. The van der Waals surface area contributed by atoms with Gasteiger partial charge in [0.1, 0.15) is 0 Å². The lowest BCUT2D eigenvalue weighted by Gasteiger charge is -2.42. The molecule has 1 aliphatic heterocycles. The molecule has 1 N–H and O–H groups in total. The van der Waals surface area contributed by atoms with E-state index in [2.05, 4.69) is 18.7 Å². The number of sulfone groups is 1. The van der Waals surface area contributed by atoms with Crippen LogP contribution in [0.1, 0.15) is 39.5 Å². The summed E-state index contributed by atoms with van der Waals surface area (Å²) in [5, 5.41) is 10.4. The maximum absolute atomic E-state index is 11.5. The molecule has 1 saturated carbocycles. The Morgan fingerprint density at radius 3 is 2.58 bits per heavy atom. The minimum Gasteiger partial charge on any atom is -0.392 e. The molecule has 1 saturated heterocycles. The number of hydrogen-bond acceptors (Lipinski definition) is 4. The average molecular weight is 289 g/mol. The molecule has 0 aromatic rings. The van der Waals surface area contributed by atoms with Gasteiger partial charge in [-0.25, -0.2) is 8.42 Å². The maximum Gasteiger partial charge on any atom is 0.151 e. The van der Waals surface area contributed by atoms with Crippen LogP contribution in [0.15, 0.2) is 0 Å². The minimum atomic E-state index is -2.82. The lowest BCUT2D eigenvalue weighted by molar-refractivity contribution is -0.0433. The molecule has 3 atom stereocenters. The smallest absolute Gasteiger partial charge is 0.151 e. The third-order valence-electron chi connectivity index (χ3n) is 5.00. The third kappa shape index (κ3) is 3.50. The summed E-state index contributed by atoms with van der Waals surface area (Å²) in [7, 11) is -0.822. The molecule has 0 bridgehead atoms. The Morgan fingerprint density at radius 1 is 1.32 bits per heavy atom. The molecule has 2 fully saturated rings. The zero-order chi connectivity index (χ0) is 14.3. The van der Waals surface area contributed by atoms with Crippen molar-refractivity contribution in [2.24, 2.45) is 11.3 Å². The Labute approximate surface area is 117 Å². The van der Waals surface area contributed by atoms with Crippen LogP contribution in [0.5, 0.6) is 0 Å². The van der Waals surface area contributed by atoms with Crippen molar-refractivity contribution >= 4 is 9.84 Å². The Kier molecular flexibility index (Phi) is 4.29. The Morgan fingerprint density at radius 2 is 2.00 bits per heavy atom. The maximum atomic E-state index is 11.5. The molecule has 1 aliphatic carbocycles. The van der Waals surface area contributed by atoms with Gasteiger partial charge >= 0.3 is 0 Å². The van der Waals surface area contributed by atoms with Gasteiger partial charge < -0.3 is 10.0 Å². The second-order valence-corrected chi connectivity index (χ2v) is 9.31. The topological polar surface area (TPSA) is 57.6 Å². The zero-order valence-corrected chi connectivity index (χ0v) is 13.1. The van der Waals surface area contributed by atoms with Gasteiger partial charge in [-0.05, 0) is 37.6 Å². The summed E-state index contributed by atoms with van der Waals surface area (Å²) in [6.45, 7) is 5.07. The highest BCUT2D eigenvalue weighted by Crippen LogP contribution is 2.39. The molecule has 3 unspecified atom stereocenters. The van der Waals surface area contributed by atoms with Gasteiger partial charge in [-0.2, -0.15) is 0 Å². The SMILES string of the molecule is CN(CC1CCCC(C)(C)C1O)C1CCS(=O)(=O)C1. The van der Waals surface area contributed by atoms with Crippen molar-refractivity contribution in [2.45, 2.75) is 51.7 Å². The van der Waals surface area contributed by atoms with Gasteiger partial charge in [0.05, 0.1) is 17.6 Å². The first-order chi connectivity index (χ1) is 8.71. The van der Waals surface area contributed by atoms with Crippen LogP contribution in [-0.4, -0.2) is 55.7 Å². The Balaban J connectivity index is 1.94. The van der Waals surface area contributed by atoms with Crippen LogP contribution in [0.4, 0.5) is 0 Å². The molecular weight excluding hydrogens is 262 g/mol. The lowest BCUT2D eigenvalue weighted by Crippen LogP contribution is -2.46. The number of aliphatic hydroxyl groups is 1. The van der Waals surface area contributed by atoms with Crippen LogP contribution in [0, 0.1) is 11.3 Å². The normalized spacial score (nSPS) is 37.6. The van der Waals surface area contributed by atoms with Gasteiger partial charge in [-0.15, -0.1) is 0 Å². The predicted octanol–water partition coefficient (Wildman–Crippen LogP) is 1.29. The molecule has 4 nitrogen and oxygen atoms in total. The third-order valence-corrected chi connectivity index (χ3v) is 6.75. The molecular formula is C14H27NO3S. The van der Waals surface area contributed by atoms with E-state index in [1.54, 1.807) is 0 Å². The van der Waals surface area contributed by atoms with Crippen molar-refractivity contribution in [1.82, 2.24) is 4.90 Å². The molecule has 0 spiro atoms. The summed E-state index contributed by atoms with van der Waals surface area (Å²) in [4.78, 5) is 2.15. The first kappa shape index (κ1) is 15.3. The second-order valence-electron chi connectivity index (χ2n) is 7.08. The molecule has 1 heterocycles. The van der Waals surface area contributed by atoms with Gasteiger partial charge in [0.25, 0.3) is 0 Å². The number of aliphatic hydroxyl groups excluding tert-OH is 1. The summed E-state index contributed by atoms with van der Waals surface area (Å²) in [6, 6.07) is 0.141. The summed E-state index contributed by atoms with van der Waals surface area (Å²) in [5.74, 6) is 0.883. The van der Waals surface area contributed by atoms with Gasteiger partial charge in [0.15, 0.2) is 9.84 Å². The highest BCUT2D eigenvalue weighted by atomic mass is 32.2. The van der Waals surface area contributed by atoms with E-state index < -0.39 is 9.84 Å². The van der Waals surface area contributed by atoms with Crippen LogP contribution < -0.4 is 0 Å². The minimum absolute atomic E-state index is 0.00842. The van der Waals surface area contributed by atoms with Gasteiger partial charge in [-0.3, -0.25) is 0 Å². The molecule has 5 heteroatoms. The number of hydrogen-bond donors (Lipinski definition) is 1. The van der Waals surface area contributed by atoms with Crippen molar-refractivity contribution in [3.8, 4) is 0 Å². The molecule has 0 radical (unpaired) electrons. The molecule has 0 amide bonds. The van der Waals surface area contributed by atoms with Crippen molar-refractivity contribution in [3.05, 3.63) is 0 Å². The van der Waals surface area contributed by atoms with Crippen LogP contribution in [0.25, 0.3) is 0 Å². The van der Waals surface area contributed by atoms with E-state index in [1.807, 2.05) is 7.05 Å². The fourth-order valence-corrected chi connectivity index (χ4v) is 5.40. The van der Waals surface area contributed by atoms with Crippen LogP contribution in [0.3, 0.4) is 0 Å². The summed E-state index contributed by atoms with van der Waals surface area (Å²) in [6.07, 6.45) is 3.75. The van der Waals surface area contributed by atoms with Crippen LogP contribution in [-0.2, 0) is 9.84 Å². The van der Waals surface area contributed by atoms with Gasteiger partial charge in [0.2, 0.25) is 0 Å². The fraction of sp³-hybridized carbons (Fsp3) is 1.00. The van der Waals surface area contributed by atoms with Crippen LogP contribution in [0.2, 0.25) is 0 Å². The highest BCUT2D eigenvalue weighted by molar-refractivity contribution is 7.91. The molecule has 19 heavy (non-hydrogen) atoms. The van der Waals surface area contributed by atoms with E-state index >= 15 is 0 Å². The highest BCUT2D eigenvalue weighted by Gasteiger charge is 2.39. The van der Waals surface area contributed by atoms with Crippen molar-refractivity contribution in [1.29, 1.82) is 0 Å². The summed E-state index contributed by atoms with van der Waals surface area (Å²) in [5.41, 5.74) is -0.00842. The second kappa shape index (κ2) is 5.34. The van der Waals surface area contributed by atoms with Crippen molar-refractivity contribution in [2.75, 3.05) is 25.1 Å². The fourth-order valence-electron chi connectivity index (χ4n) is 3.60. The van der Waals surface area contributed by atoms with Crippen molar-refractivity contribution in [3.63, 3.8) is 0 Å².